The van der Waals surface area contributed by atoms with E-state index < -0.39 is 0 Å². The smallest absolute Gasteiger partial charge is 0.161 e. The van der Waals surface area contributed by atoms with E-state index in [0.29, 0.717) is 16.5 Å². The third kappa shape index (κ3) is 3.05. The van der Waals surface area contributed by atoms with Gasteiger partial charge in [-0.3, -0.25) is 4.79 Å². The highest BCUT2D eigenvalue weighted by Crippen LogP contribution is 2.30. The summed E-state index contributed by atoms with van der Waals surface area (Å²) < 4.78 is 5.99. The fourth-order valence-corrected chi connectivity index (χ4v) is 2.79. The molecule has 2 nitrogen and oxygen atoms in total. The van der Waals surface area contributed by atoms with Crippen molar-refractivity contribution in [3.63, 3.8) is 0 Å². The largest absolute Gasteiger partial charge is 0.490 e. The molecule has 0 aromatic heterocycles. The molecule has 1 aromatic carbocycles. The van der Waals surface area contributed by atoms with Crippen LogP contribution in [0.1, 0.15) is 49.9 Å². The molecule has 2 rings (SSSR count). The lowest BCUT2D eigenvalue weighted by atomic mass is 9.88. The van der Waals surface area contributed by atoms with E-state index in [2.05, 4.69) is 6.92 Å². The Hall–Kier alpha value is -1.02. The van der Waals surface area contributed by atoms with Crippen LogP contribution >= 0.6 is 11.6 Å². The van der Waals surface area contributed by atoms with Gasteiger partial charge in [0, 0.05) is 5.56 Å². The first-order valence-electron chi connectivity index (χ1n) is 6.55. The van der Waals surface area contributed by atoms with Crippen molar-refractivity contribution in [2.75, 3.05) is 0 Å². The number of ether oxygens (including phenoxy) is 1. The molecule has 0 N–H and O–H groups in total. The van der Waals surface area contributed by atoms with Crippen LogP contribution in [0.4, 0.5) is 0 Å². The quantitative estimate of drug-likeness (QED) is 0.753. The van der Waals surface area contributed by atoms with Crippen LogP contribution in [0, 0.1) is 5.92 Å². The molecule has 3 heteroatoms. The number of benzene rings is 1. The highest BCUT2D eigenvalue weighted by Gasteiger charge is 2.23. The van der Waals surface area contributed by atoms with Gasteiger partial charge in [-0.05, 0) is 50.3 Å². The summed E-state index contributed by atoms with van der Waals surface area (Å²) in [5.41, 5.74) is 0.556. The molecule has 98 valence electrons. The minimum Gasteiger partial charge on any atom is -0.490 e. The fraction of sp³-hybridized carbons (Fsp3) is 0.533. The number of halogens is 1. The molecular weight excluding hydrogens is 248 g/mol. The fourth-order valence-electron chi connectivity index (χ4n) is 2.49. The van der Waals surface area contributed by atoms with E-state index in [1.54, 1.807) is 12.1 Å². The van der Waals surface area contributed by atoms with E-state index in [4.69, 9.17) is 16.3 Å². The Bertz CT molecular complexity index is 442. The SMILES string of the molecule is CC(=O)c1ccc(OC2CCCCC2C)cc1Cl. The van der Waals surface area contributed by atoms with Gasteiger partial charge in [0.1, 0.15) is 11.9 Å². The van der Waals surface area contributed by atoms with E-state index in [9.17, 15) is 4.79 Å². The lowest BCUT2D eigenvalue weighted by Crippen LogP contribution is -2.28. The number of carbonyl (C=O) groups excluding carboxylic acids is 1. The highest BCUT2D eigenvalue weighted by molar-refractivity contribution is 6.34. The predicted molar refractivity (Wildman–Crippen MR) is 73.5 cm³/mol. The van der Waals surface area contributed by atoms with Gasteiger partial charge in [-0.25, -0.2) is 0 Å². The third-order valence-electron chi connectivity index (χ3n) is 3.64. The topological polar surface area (TPSA) is 26.3 Å². The molecule has 1 aliphatic carbocycles. The molecule has 1 fully saturated rings. The van der Waals surface area contributed by atoms with Crippen LogP contribution in [0.2, 0.25) is 5.02 Å². The van der Waals surface area contributed by atoms with Gasteiger partial charge in [-0.1, -0.05) is 24.9 Å². The standard InChI is InChI=1S/C15H19ClO2/c1-10-5-3-4-6-15(10)18-12-7-8-13(11(2)17)14(16)9-12/h7-10,15H,3-6H2,1-2H3. The predicted octanol–water partition coefficient (Wildman–Crippen LogP) is 4.50. The molecule has 0 amide bonds. The van der Waals surface area contributed by atoms with Gasteiger partial charge in [-0.2, -0.15) is 0 Å². The van der Waals surface area contributed by atoms with Crippen molar-refractivity contribution < 1.29 is 9.53 Å². The lowest BCUT2D eigenvalue weighted by Gasteiger charge is -2.29. The zero-order chi connectivity index (χ0) is 13.1. The van der Waals surface area contributed by atoms with Gasteiger partial charge in [0.25, 0.3) is 0 Å². The van der Waals surface area contributed by atoms with Crippen molar-refractivity contribution in [3.05, 3.63) is 28.8 Å². The second-order valence-electron chi connectivity index (χ2n) is 5.12. The zero-order valence-corrected chi connectivity index (χ0v) is 11.7. The molecule has 0 heterocycles. The third-order valence-corrected chi connectivity index (χ3v) is 3.95. The van der Waals surface area contributed by atoms with Crippen molar-refractivity contribution in [1.82, 2.24) is 0 Å². The normalized spacial score (nSPS) is 23.7. The van der Waals surface area contributed by atoms with Crippen LogP contribution in [0.25, 0.3) is 0 Å². The van der Waals surface area contributed by atoms with Crippen LogP contribution in [0.15, 0.2) is 18.2 Å². The molecule has 18 heavy (non-hydrogen) atoms. The molecule has 1 saturated carbocycles. The second kappa shape index (κ2) is 5.75. The Balaban J connectivity index is 2.10. The Morgan fingerprint density at radius 3 is 2.67 bits per heavy atom. The molecule has 2 atom stereocenters. The maximum atomic E-state index is 11.3. The molecule has 0 bridgehead atoms. The maximum absolute atomic E-state index is 11.3. The number of hydrogen-bond acceptors (Lipinski definition) is 2. The minimum atomic E-state index is -0.0161. The van der Waals surface area contributed by atoms with Crippen LogP contribution in [-0.4, -0.2) is 11.9 Å². The highest BCUT2D eigenvalue weighted by atomic mass is 35.5. The maximum Gasteiger partial charge on any atom is 0.161 e. The van der Waals surface area contributed by atoms with Crippen LogP contribution < -0.4 is 4.74 Å². The Morgan fingerprint density at radius 1 is 1.33 bits per heavy atom. The number of hydrogen-bond donors (Lipinski definition) is 0. The summed E-state index contributed by atoms with van der Waals surface area (Å²) in [6.07, 6.45) is 5.13. The summed E-state index contributed by atoms with van der Waals surface area (Å²) in [5, 5.41) is 0.475. The summed E-state index contributed by atoms with van der Waals surface area (Å²) in [4.78, 5) is 11.3. The monoisotopic (exact) mass is 266 g/mol. The first-order valence-corrected chi connectivity index (χ1v) is 6.93. The number of ketones is 1. The Morgan fingerprint density at radius 2 is 2.06 bits per heavy atom. The lowest BCUT2D eigenvalue weighted by molar-refractivity contribution is 0.101. The zero-order valence-electron chi connectivity index (χ0n) is 10.9. The van der Waals surface area contributed by atoms with E-state index in [1.807, 2.05) is 6.07 Å². The summed E-state index contributed by atoms with van der Waals surface area (Å²) in [5.74, 6) is 1.34. The van der Waals surface area contributed by atoms with E-state index in [0.717, 1.165) is 12.2 Å². The molecule has 0 aliphatic heterocycles. The van der Waals surface area contributed by atoms with Gasteiger partial charge in [0.15, 0.2) is 5.78 Å². The summed E-state index contributed by atoms with van der Waals surface area (Å²) in [6, 6.07) is 5.33. The molecule has 0 saturated heterocycles. The molecule has 0 spiro atoms. The van der Waals surface area contributed by atoms with Gasteiger partial charge in [0.2, 0.25) is 0 Å². The number of rotatable bonds is 3. The van der Waals surface area contributed by atoms with Crippen LogP contribution in [0.5, 0.6) is 5.75 Å². The summed E-state index contributed by atoms with van der Waals surface area (Å²) in [6.45, 7) is 3.75. The van der Waals surface area contributed by atoms with Crippen molar-refractivity contribution in [2.24, 2.45) is 5.92 Å². The molecule has 0 radical (unpaired) electrons. The van der Waals surface area contributed by atoms with E-state index in [1.165, 1.54) is 26.2 Å². The first kappa shape index (κ1) is 13.4. The Kier molecular flexibility index (Phi) is 4.28. The molecule has 1 aromatic rings. The average Bonchev–Trinajstić information content (AvgIpc) is 2.32. The first-order chi connectivity index (χ1) is 8.58. The summed E-state index contributed by atoms with van der Waals surface area (Å²) in [7, 11) is 0. The van der Waals surface area contributed by atoms with Crippen molar-refractivity contribution in [2.45, 2.75) is 45.6 Å². The average molecular weight is 267 g/mol. The van der Waals surface area contributed by atoms with Gasteiger partial charge in [-0.15, -0.1) is 0 Å². The molecular formula is C15H19ClO2. The van der Waals surface area contributed by atoms with Gasteiger partial charge in [0.05, 0.1) is 5.02 Å². The van der Waals surface area contributed by atoms with Crippen molar-refractivity contribution >= 4 is 17.4 Å². The van der Waals surface area contributed by atoms with Gasteiger partial charge < -0.3 is 4.74 Å². The molecule has 1 aliphatic rings. The van der Waals surface area contributed by atoms with Crippen LogP contribution in [0.3, 0.4) is 0 Å². The van der Waals surface area contributed by atoms with E-state index in [-0.39, 0.29) is 11.9 Å². The molecule has 2 unspecified atom stereocenters. The number of Topliss-reactive ketones (excluding diaryl/α,β-unsaturated/α-hetero) is 1. The Labute approximate surface area is 113 Å². The van der Waals surface area contributed by atoms with Gasteiger partial charge >= 0.3 is 0 Å². The van der Waals surface area contributed by atoms with E-state index >= 15 is 0 Å². The summed E-state index contributed by atoms with van der Waals surface area (Å²) >= 11 is 6.08. The minimum absolute atomic E-state index is 0.0161. The van der Waals surface area contributed by atoms with Crippen molar-refractivity contribution in [3.8, 4) is 5.75 Å². The second-order valence-corrected chi connectivity index (χ2v) is 5.52. The van der Waals surface area contributed by atoms with Crippen molar-refractivity contribution in [1.29, 1.82) is 0 Å². The number of carbonyl (C=O) groups is 1. The van der Waals surface area contributed by atoms with Crippen LogP contribution in [-0.2, 0) is 0 Å².